The van der Waals surface area contributed by atoms with E-state index in [1.807, 2.05) is 6.92 Å². The molecule has 0 fully saturated rings. The minimum Gasteiger partial charge on any atom is -0.392 e. The minimum absolute atomic E-state index is 0.00667. The van der Waals surface area contributed by atoms with Crippen molar-refractivity contribution in [2.45, 2.75) is 30.4 Å². The molecule has 1 aromatic rings. The molecule has 2 unspecified atom stereocenters. The third-order valence-electron chi connectivity index (χ3n) is 1.88. The number of aliphatic hydroxyl groups excluding tert-OH is 1. The fraction of sp³-hybridized carbons (Fsp3) is 0.444. The molecule has 0 spiro atoms. The van der Waals surface area contributed by atoms with E-state index >= 15 is 0 Å². The number of nitrogens with zero attached hydrogens (tertiary/aromatic N) is 2. The van der Waals surface area contributed by atoms with E-state index in [4.69, 9.17) is 11.1 Å². The summed E-state index contributed by atoms with van der Waals surface area (Å²) in [6, 6.07) is 1.58. The molecule has 0 bridgehead atoms. The molecule has 0 amide bonds. The Labute approximate surface area is 92.6 Å². The zero-order valence-corrected chi connectivity index (χ0v) is 9.45. The Bertz CT molecular complexity index is 356. The lowest BCUT2D eigenvalue weighted by Gasteiger charge is -2.12. The van der Waals surface area contributed by atoms with Gasteiger partial charge < -0.3 is 10.8 Å². The predicted molar refractivity (Wildman–Crippen MR) is 60.0 cm³/mol. The summed E-state index contributed by atoms with van der Waals surface area (Å²) in [6.07, 6.45) is 1.13. The highest BCUT2D eigenvalue weighted by molar-refractivity contribution is 7.99. The SMILES string of the molecule is CC(O)C(C)Sc1nccc(C(=N)N)n1. The zero-order valence-electron chi connectivity index (χ0n) is 8.64. The molecule has 15 heavy (non-hydrogen) atoms. The number of nitrogen functional groups attached to an aromatic ring is 1. The predicted octanol–water partition coefficient (Wildman–Crippen LogP) is 0.622. The van der Waals surface area contributed by atoms with E-state index in [9.17, 15) is 5.11 Å². The molecule has 0 aromatic carbocycles. The van der Waals surface area contributed by atoms with Crippen LogP contribution in [0.2, 0.25) is 0 Å². The third-order valence-corrected chi connectivity index (χ3v) is 3.05. The number of amidine groups is 1. The van der Waals surface area contributed by atoms with Crippen molar-refractivity contribution in [2.24, 2.45) is 5.73 Å². The third kappa shape index (κ3) is 3.49. The second-order valence-electron chi connectivity index (χ2n) is 3.20. The maximum atomic E-state index is 9.32. The molecule has 5 nitrogen and oxygen atoms in total. The molecule has 0 saturated heterocycles. The number of hydrogen-bond acceptors (Lipinski definition) is 5. The fourth-order valence-electron chi connectivity index (χ4n) is 0.812. The zero-order chi connectivity index (χ0) is 11.4. The molecule has 0 radical (unpaired) electrons. The lowest BCUT2D eigenvalue weighted by molar-refractivity contribution is 0.196. The quantitative estimate of drug-likeness (QED) is 0.303. The van der Waals surface area contributed by atoms with Gasteiger partial charge in [0.25, 0.3) is 0 Å². The average molecular weight is 226 g/mol. The van der Waals surface area contributed by atoms with Crippen LogP contribution < -0.4 is 5.73 Å². The van der Waals surface area contributed by atoms with Crippen LogP contribution in [0.1, 0.15) is 19.5 Å². The topological polar surface area (TPSA) is 95.9 Å². The molecule has 6 heteroatoms. The van der Waals surface area contributed by atoms with Crippen LogP contribution in [0.3, 0.4) is 0 Å². The van der Waals surface area contributed by atoms with Gasteiger partial charge in [-0.05, 0) is 13.0 Å². The van der Waals surface area contributed by atoms with Crippen LogP contribution in [0.5, 0.6) is 0 Å². The number of thioether (sulfide) groups is 1. The van der Waals surface area contributed by atoms with Crippen molar-refractivity contribution in [2.75, 3.05) is 0 Å². The molecule has 1 heterocycles. The van der Waals surface area contributed by atoms with Gasteiger partial charge in [-0.15, -0.1) is 0 Å². The van der Waals surface area contributed by atoms with Crippen molar-refractivity contribution in [1.29, 1.82) is 5.41 Å². The Morgan fingerprint density at radius 3 is 2.80 bits per heavy atom. The van der Waals surface area contributed by atoms with Crippen LogP contribution in [0, 0.1) is 5.41 Å². The molecular formula is C9H14N4OS. The van der Waals surface area contributed by atoms with Crippen LogP contribution in [0.25, 0.3) is 0 Å². The van der Waals surface area contributed by atoms with Gasteiger partial charge in [-0.3, -0.25) is 5.41 Å². The van der Waals surface area contributed by atoms with Gasteiger partial charge in [-0.2, -0.15) is 0 Å². The Morgan fingerprint density at radius 2 is 2.27 bits per heavy atom. The molecule has 0 aliphatic heterocycles. The molecule has 0 aliphatic rings. The summed E-state index contributed by atoms with van der Waals surface area (Å²) in [5.41, 5.74) is 5.72. The van der Waals surface area contributed by atoms with Crippen LogP contribution in [-0.2, 0) is 0 Å². The van der Waals surface area contributed by atoms with Gasteiger partial charge in [-0.25, -0.2) is 9.97 Å². The number of aliphatic hydroxyl groups is 1. The van der Waals surface area contributed by atoms with E-state index < -0.39 is 6.10 Å². The lowest BCUT2D eigenvalue weighted by atomic mass is 10.3. The highest BCUT2D eigenvalue weighted by Gasteiger charge is 2.12. The van der Waals surface area contributed by atoms with Crippen molar-refractivity contribution in [3.05, 3.63) is 18.0 Å². The summed E-state index contributed by atoms with van der Waals surface area (Å²) < 4.78 is 0. The van der Waals surface area contributed by atoms with Crippen LogP contribution in [0.4, 0.5) is 0 Å². The molecule has 82 valence electrons. The standard InChI is InChI=1S/C9H14N4OS/c1-5(14)6(2)15-9-12-4-3-7(13-9)8(10)11/h3-6,14H,1-2H3,(H3,10,11). The van der Waals surface area contributed by atoms with Gasteiger partial charge in [-0.1, -0.05) is 18.7 Å². The number of hydrogen-bond donors (Lipinski definition) is 3. The smallest absolute Gasteiger partial charge is 0.188 e. The summed E-state index contributed by atoms with van der Waals surface area (Å²) in [4.78, 5) is 8.12. The van der Waals surface area contributed by atoms with E-state index in [1.165, 1.54) is 11.8 Å². The maximum Gasteiger partial charge on any atom is 0.188 e. The number of nitrogens with one attached hydrogen (secondary N) is 1. The van der Waals surface area contributed by atoms with Crippen molar-refractivity contribution in [3.63, 3.8) is 0 Å². The summed E-state index contributed by atoms with van der Waals surface area (Å²) in [7, 11) is 0. The largest absolute Gasteiger partial charge is 0.392 e. The Kier molecular flexibility index (Phi) is 4.05. The van der Waals surface area contributed by atoms with Gasteiger partial charge in [0.05, 0.1) is 6.10 Å². The van der Waals surface area contributed by atoms with Gasteiger partial charge in [0.2, 0.25) is 0 Å². The maximum absolute atomic E-state index is 9.32. The van der Waals surface area contributed by atoms with E-state index in [1.54, 1.807) is 19.2 Å². The first-order valence-corrected chi connectivity index (χ1v) is 5.41. The van der Waals surface area contributed by atoms with Gasteiger partial charge in [0, 0.05) is 11.4 Å². The number of rotatable bonds is 4. The monoisotopic (exact) mass is 226 g/mol. The molecule has 4 N–H and O–H groups in total. The first-order valence-electron chi connectivity index (χ1n) is 4.53. The fourth-order valence-corrected chi connectivity index (χ4v) is 1.61. The normalized spacial score (nSPS) is 14.6. The van der Waals surface area contributed by atoms with Crippen molar-refractivity contribution < 1.29 is 5.11 Å². The Hall–Kier alpha value is -1.14. The first-order chi connectivity index (χ1) is 7.00. The van der Waals surface area contributed by atoms with E-state index in [0.717, 1.165) is 0 Å². The van der Waals surface area contributed by atoms with Crippen molar-refractivity contribution >= 4 is 17.6 Å². The second-order valence-corrected chi connectivity index (χ2v) is 4.55. The summed E-state index contributed by atoms with van der Waals surface area (Å²) >= 11 is 1.36. The summed E-state index contributed by atoms with van der Waals surface area (Å²) in [6.45, 7) is 3.60. The van der Waals surface area contributed by atoms with Gasteiger partial charge in [0.1, 0.15) is 11.5 Å². The number of aromatic nitrogens is 2. The van der Waals surface area contributed by atoms with Gasteiger partial charge >= 0.3 is 0 Å². The highest BCUT2D eigenvalue weighted by atomic mass is 32.2. The second kappa shape index (κ2) is 5.09. The molecule has 1 rings (SSSR count). The molecular weight excluding hydrogens is 212 g/mol. The summed E-state index contributed by atoms with van der Waals surface area (Å²) in [5.74, 6) is -0.0797. The molecule has 2 atom stereocenters. The average Bonchev–Trinajstić information content (AvgIpc) is 2.18. The Morgan fingerprint density at radius 1 is 1.60 bits per heavy atom. The number of nitrogens with two attached hydrogens (primary N) is 1. The van der Waals surface area contributed by atoms with E-state index in [-0.39, 0.29) is 11.1 Å². The molecule has 0 saturated carbocycles. The van der Waals surface area contributed by atoms with E-state index in [0.29, 0.717) is 10.9 Å². The minimum atomic E-state index is -0.431. The van der Waals surface area contributed by atoms with Gasteiger partial charge in [0.15, 0.2) is 5.16 Å². The Balaban J connectivity index is 2.78. The molecule has 0 aliphatic carbocycles. The van der Waals surface area contributed by atoms with Crippen molar-refractivity contribution in [1.82, 2.24) is 9.97 Å². The highest BCUT2D eigenvalue weighted by Crippen LogP contribution is 2.21. The summed E-state index contributed by atoms with van der Waals surface area (Å²) in [5, 5.41) is 17.1. The lowest BCUT2D eigenvalue weighted by Crippen LogP contribution is -2.17. The van der Waals surface area contributed by atoms with E-state index in [2.05, 4.69) is 9.97 Å². The first kappa shape index (κ1) is 11.9. The van der Waals surface area contributed by atoms with Crippen LogP contribution in [-0.4, -0.2) is 32.3 Å². The van der Waals surface area contributed by atoms with Crippen LogP contribution >= 0.6 is 11.8 Å². The van der Waals surface area contributed by atoms with Crippen LogP contribution in [0.15, 0.2) is 17.4 Å². The molecule has 1 aromatic heterocycles. The van der Waals surface area contributed by atoms with Crippen molar-refractivity contribution in [3.8, 4) is 0 Å².